The molecular formula is C31H32N2O4. The number of hydrogen-bond acceptors (Lipinski definition) is 5. The van der Waals surface area contributed by atoms with Crippen molar-refractivity contribution < 1.29 is 19.0 Å². The molecule has 0 atom stereocenters. The Bertz CT molecular complexity index is 1340. The molecular weight excluding hydrogens is 464 g/mol. The van der Waals surface area contributed by atoms with E-state index in [-0.39, 0.29) is 11.5 Å². The van der Waals surface area contributed by atoms with Crippen molar-refractivity contribution >= 4 is 17.7 Å². The smallest absolute Gasteiger partial charge is 0.268 e. The number of benzene rings is 3. The minimum Gasteiger partial charge on any atom is -0.493 e. The van der Waals surface area contributed by atoms with E-state index in [0.717, 1.165) is 29.0 Å². The number of nitriles is 1. The van der Waals surface area contributed by atoms with Crippen molar-refractivity contribution in [1.29, 1.82) is 5.26 Å². The van der Waals surface area contributed by atoms with Crippen LogP contribution in [0.5, 0.6) is 17.2 Å². The summed E-state index contributed by atoms with van der Waals surface area (Å²) in [5.41, 5.74) is 5.12. The minimum absolute atomic E-state index is 0.0800. The van der Waals surface area contributed by atoms with Crippen LogP contribution < -0.4 is 19.1 Å². The molecule has 1 heterocycles. The van der Waals surface area contributed by atoms with Gasteiger partial charge < -0.3 is 19.1 Å². The molecule has 0 saturated carbocycles. The molecule has 0 spiro atoms. The van der Waals surface area contributed by atoms with Gasteiger partial charge in [0, 0.05) is 18.7 Å². The van der Waals surface area contributed by atoms with Crippen LogP contribution in [0.25, 0.3) is 6.08 Å². The monoisotopic (exact) mass is 496 g/mol. The largest absolute Gasteiger partial charge is 0.493 e. The Morgan fingerprint density at radius 1 is 0.973 bits per heavy atom. The molecule has 1 aliphatic heterocycles. The van der Waals surface area contributed by atoms with Gasteiger partial charge in [-0.2, -0.15) is 5.26 Å². The average molecular weight is 497 g/mol. The van der Waals surface area contributed by atoms with Gasteiger partial charge in [-0.25, -0.2) is 0 Å². The number of rotatable bonds is 10. The molecule has 0 N–H and O–H groups in total. The highest BCUT2D eigenvalue weighted by molar-refractivity contribution is 6.12. The zero-order valence-corrected chi connectivity index (χ0v) is 21.6. The van der Waals surface area contributed by atoms with E-state index in [1.165, 1.54) is 5.56 Å². The molecule has 4 rings (SSSR count). The Morgan fingerprint density at radius 2 is 1.76 bits per heavy atom. The van der Waals surface area contributed by atoms with Crippen LogP contribution in [0.1, 0.15) is 35.6 Å². The summed E-state index contributed by atoms with van der Waals surface area (Å²) in [5, 5.41) is 9.74. The van der Waals surface area contributed by atoms with Crippen LogP contribution in [-0.4, -0.2) is 32.3 Å². The lowest BCUT2D eigenvalue weighted by atomic mass is 10.1. The summed E-state index contributed by atoms with van der Waals surface area (Å²) >= 11 is 0. The Hall–Kier alpha value is -4.24. The molecule has 0 radical (unpaired) electrons. The Labute approximate surface area is 218 Å². The van der Waals surface area contributed by atoms with Crippen LogP contribution in [0.3, 0.4) is 0 Å². The lowest BCUT2D eigenvalue weighted by Gasteiger charge is -2.17. The van der Waals surface area contributed by atoms with E-state index in [1.54, 1.807) is 17.0 Å². The maximum Gasteiger partial charge on any atom is 0.268 e. The molecule has 0 bridgehead atoms. The zero-order valence-electron chi connectivity index (χ0n) is 21.6. The van der Waals surface area contributed by atoms with Gasteiger partial charge >= 0.3 is 0 Å². The second kappa shape index (κ2) is 12.1. The molecule has 6 heteroatoms. The van der Waals surface area contributed by atoms with E-state index >= 15 is 0 Å². The number of amides is 1. The second-order valence-corrected chi connectivity index (χ2v) is 8.89. The van der Waals surface area contributed by atoms with Gasteiger partial charge in [-0.05, 0) is 79.8 Å². The summed E-state index contributed by atoms with van der Waals surface area (Å²) in [6.07, 6.45) is 3.11. The van der Waals surface area contributed by atoms with E-state index in [9.17, 15) is 10.1 Å². The number of anilines is 1. The van der Waals surface area contributed by atoms with Crippen LogP contribution in [0.2, 0.25) is 0 Å². The molecule has 0 aliphatic carbocycles. The van der Waals surface area contributed by atoms with E-state index < -0.39 is 0 Å². The third-order valence-corrected chi connectivity index (χ3v) is 6.42. The fourth-order valence-corrected chi connectivity index (χ4v) is 4.31. The Kier molecular flexibility index (Phi) is 8.48. The summed E-state index contributed by atoms with van der Waals surface area (Å²) in [6, 6.07) is 21.4. The average Bonchev–Trinajstić information content (AvgIpc) is 3.34. The number of para-hydroxylation sites is 1. The van der Waals surface area contributed by atoms with Gasteiger partial charge in [-0.3, -0.25) is 4.79 Å². The molecule has 37 heavy (non-hydrogen) atoms. The highest BCUT2D eigenvalue weighted by atomic mass is 16.5. The van der Waals surface area contributed by atoms with Crippen molar-refractivity contribution in [2.75, 3.05) is 31.3 Å². The maximum absolute atomic E-state index is 13.1. The van der Waals surface area contributed by atoms with Crippen molar-refractivity contribution in [3.05, 3.63) is 88.5 Å². The topological polar surface area (TPSA) is 71.8 Å². The van der Waals surface area contributed by atoms with Gasteiger partial charge in [0.25, 0.3) is 5.91 Å². The molecule has 3 aromatic rings. The van der Waals surface area contributed by atoms with Gasteiger partial charge in [-0.1, -0.05) is 36.4 Å². The van der Waals surface area contributed by atoms with Gasteiger partial charge in [0.1, 0.15) is 17.4 Å². The van der Waals surface area contributed by atoms with Gasteiger partial charge in [-0.15, -0.1) is 0 Å². The molecule has 0 aromatic heterocycles. The van der Waals surface area contributed by atoms with E-state index in [1.807, 2.05) is 55.5 Å². The molecule has 6 nitrogen and oxygen atoms in total. The summed E-state index contributed by atoms with van der Waals surface area (Å²) in [5.74, 6) is 1.79. The molecule has 0 saturated heterocycles. The van der Waals surface area contributed by atoms with Crippen LogP contribution in [0.15, 0.2) is 66.2 Å². The Morgan fingerprint density at radius 3 is 2.54 bits per heavy atom. The van der Waals surface area contributed by atoms with Crippen molar-refractivity contribution in [2.45, 2.75) is 33.6 Å². The number of ether oxygens (including phenoxy) is 3. The predicted molar refractivity (Wildman–Crippen MR) is 145 cm³/mol. The van der Waals surface area contributed by atoms with Crippen molar-refractivity contribution in [1.82, 2.24) is 0 Å². The summed E-state index contributed by atoms with van der Waals surface area (Å²) in [6.45, 7) is 8.08. The van der Waals surface area contributed by atoms with Crippen molar-refractivity contribution in [3.8, 4) is 23.3 Å². The first-order valence-electron chi connectivity index (χ1n) is 12.6. The van der Waals surface area contributed by atoms with Gasteiger partial charge in [0.15, 0.2) is 11.5 Å². The lowest BCUT2D eigenvalue weighted by molar-refractivity contribution is -0.114. The molecule has 190 valence electrons. The lowest BCUT2D eigenvalue weighted by Crippen LogP contribution is -2.29. The fourth-order valence-electron chi connectivity index (χ4n) is 4.31. The van der Waals surface area contributed by atoms with Crippen molar-refractivity contribution in [3.63, 3.8) is 0 Å². The minimum atomic E-state index is -0.297. The first-order valence-corrected chi connectivity index (χ1v) is 12.6. The van der Waals surface area contributed by atoms with E-state index in [4.69, 9.17) is 14.2 Å². The van der Waals surface area contributed by atoms with E-state index in [2.05, 4.69) is 26.0 Å². The number of fused-ring (bicyclic) bond motifs is 1. The molecule has 1 aliphatic rings. The molecule has 1 amide bonds. The van der Waals surface area contributed by atoms with Crippen LogP contribution >= 0.6 is 0 Å². The predicted octanol–water partition coefficient (Wildman–Crippen LogP) is 6.05. The number of hydrogen-bond donors (Lipinski definition) is 0. The maximum atomic E-state index is 13.1. The fraction of sp³-hybridized carbons (Fsp3) is 0.290. The van der Waals surface area contributed by atoms with Crippen LogP contribution in [0, 0.1) is 25.2 Å². The first-order chi connectivity index (χ1) is 18.0. The molecule has 0 fully saturated rings. The summed E-state index contributed by atoms with van der Waals surface area (Å²) in [4.78, 5) is 14.8. The Balaban J connectivity index is 1.40. The third kappa shape index (κ3) is 6.13. The van der Waals surface area contributed by atoms with Crippen LogP contribution in [0.4, 0.5) is 5.69 Å². The third-order valence-electron chi connectivity index (χ3n) is 6.42. The summed E-state index contributed by atoms with van der Waals surface area (Å²) in [7, 11) is 0. The standard InChI is InChI=1S/C31H32N2O4/c1-4-35-30-20-24(19-26(21-32)31(34)33-16-15-25-10-5-6-11-27(25)33)13-14-29(30)37-18-8-17-36-28-12-7-9-22(2)23(28)3/h5-7,9-14,19-20H,4,8,15-18H2,1-3H3. The number of carbonyl (C=O) groups excluding carboxylic acids is 1. The first kappa shape index (κ1) is 25.8. The van der Waals surface area contributed by atoms with Crippen LogP contribution in [-0.2, 0) is 11.2 Å². The zero-order chi connectivity index (χ0) is 26.2. The summed E-state index contributed by atoms with van der Waals surface area (Å²) < 4.78 is 17.7. The van der Waals surface area contributed by atoms with Crippen molar-refractivity contribution in [2.24, 2.45) is 0 Å². The quantitative estimate of drug-likeness (QED) is 0.194. The van der Waals surface area contributed by atoms with E-state index in [0.29, 0.717) is 49.8 Å². The molecule has 0 unspecified atom stereocenters. The SMILES string of the molecule is CCOc1cc(C=C(C#N)C(=O)N2CCc3ccccc32)ccc1OCCCOc1cccc(C)c1C. The highest BCUT2D eigenvalue weighted by Crippen LogP contribution is 2.31. The number of nitrogens with zero attached hydrogens (tertiary/aromatic N) is 2. The van der Waals surface area contributed by atoms with Gasteiger partial charge in [0.2, 0.25) is 0 Å². The normalized spacial score (nSPS) is 12.6. The van der Waals surface area contributed by atoms with Gasteiger partial charge in [0.05, 0.1) is 19.8 Å². The number of aryl methyl sites for hydroxylation is 1. The molecule has 3 aromatic carbocycles. The second-order valence-electron chi connectivity index (χ2n) is 8.89. The number of carbonyl (C=O) groups is 1. The highest BCUT2D eigenvalue weighted by Gasteiger charge is 2.26.